The Morgan fingerprint density at radius 1 is 1.18 bits per heavy atom. The number of thioether (sulfide) groups is 1. The highest BCUT2D eigenvalue weighted by molar-refractivity contribution is 8.03. The van der Waals surface area contributed by atoms with Crippen molar-refractivity contribution in [1.82, 2.24) is 4.90 Å². The zero-order chi connectivity index (χ0) is 16.7. The lowest BCUT2D eigenvalue weighted by Gasteiger charge is -2.23. The van der Waals surface area contributed by atoms with Gasteiger partial charge >= 0.3 is 5.70 Å². The van der Waals surface area contributed by atoms with E-state index in [9.17, 15) is 10.1 Å². The van der Waals surface area contributed by atoms with E-state index in [1.807, 2.05) is 49.1 Å². The molecule has 0 bridgehead atoms. The van der Waals surface area contributed by atoms with Crippen molar-refractivity contribution in [1.29, 1.82) is 0 Å². The van der Waals surface area contributed by atoms with Crippen molar-refractivity contribution < 1.29 is 4.92 Å². The molecule has 0 N–H and O–H groups in total. The summed E-state index contributed by atoms with van der Waals surface area (Å²) < 4.78 is -0.327. The zero-order valence-electron chi connectivity index (χ0n) is 12.1. The van der Waals surface area contributed by atoms with Crippen molar-refractivity contribution in [3.8, 4) is 0 Å². The Hall–Kier alpha value is -0.880. The van der Waals surface area contributed by atoms with Gasteiger partial charge in [-0.1, -0.05) is 64.8 Å². The van der Waals surface area contributed by atoms with Gasteiger partial charge in [0.2, 0.25) is 0 Å². The first-order valence-electron chi connectivity index (χ1n) is 6.49. The molecule has 0 amide bonds. The molecular weight excluding hydrogens is 367 g/mol. The van der Waals surface area contributed by atoms with Crippen LogP contribution in [0.15, 0.2) is 55.5 Å². The van der Waals surface area contributed by atoms with Crippen molar-refractivity contribution in [2.45, 2.75) is 18.7 Å². The van der Waals surface area contributed by atoms with Crippen molar-refractivity contribution in [2.75, 3.05) is 13.1 Å². The van der Waals surface area contributed by atoms with E-state index in [0.29, 0.717) is 18.1 Å². The lowest BCUT2D eigenvalue weighted by atomic mass is 10.4. The fourth-order valence-corrected chi connectivity index (χ4v) is 3.29. The quantitative estimate of drug-likeness (QED) is 0.272. The Labute approximate surface area is 148 Å². The Balaban J connectivity index is 3.47. The number of rotatable bonds is 7. The molecule has 1 aromatic carbocycles. The van der Waals surface area contributed by atoms with Crippen LogP contribution in [0.1, 0.15) is 13.8 Å². The molecule has 1 rings (SSSR count). The van der Waals surface area contributed by atoms with Gasteiger partial charge in [-0.05, 0) is 26.0 Å². The number of hydrogen-bond acceptors (Lipinski definition) is 4. The summed E-state index contributed by atoms with van der Waals surface area (Å²) >= 11 is 18.5. The first kappa shape index (κ1) is 19.2. The average molecular weight is 382 g/mol. The summed E-state index contributed by atoms with van der Waals surface area (Å²) in [7, 11) is 0. The van der Waals surface area contributed by atoms with Crippen LogP contribution < -0.4 is 0 Å². The van der Waals surface area contributed by atoms with Crippen LogP contribution in [0.4, 0.5) is 0 Å². The van der Waals surface area contributed by atoms with E-state index < -0.39 is 4.92 Å². The summed E-state index contributed by atoms with van der Waals surface area (Å²) in [5, 5.41) is 11.6. The van der Waals surface area contributed by atoms with E-state index in [4.69, 9.17) is 34.8 Å². The molecule has 22 heavy (non-hydrogen) atoms. The maximum absolute atomic E-state index is 11.5. The molecule has 0 radical (unpaired) electrons. The molecule has 0 fully saturated rings. The van der Waals surface area contributed by atoms with Crippen LogP contribution in [0.25, 0.3) is 0 Å². The summed E-state index contributed by atoms with van der Waals surface area (Å²) in [4.78, 5) is 13.6. The molecule has 1 aromatic rings. The second kappa shape index (κ2) is 9.30. The lowest BCUT2D eigenvalue weighted by molar-refractivity contribution is -0.421. The fraction of sp³-hybridized carbons (Fsp3) is 0.286. The highest BCUT2D eigenvalue weighted by Crippen LogP contribution is 2.37. The highest BCUT2D eigenvalue weighted by Gasteiger charge is 2.28. The van der Waals surface area contributed by atoms with E-state index >= 15 is 0 Å². The van der Waals surface area contributed by atoms with Crippen LogP contribution in [0.3, 0.4) is 0 Å². The van der Waals surface area contributed by atoms with Gasteiger partial charge in [0.15, 0.2) is 10.1 Å². The van der Waals surface area contributed by atoms with Crippen LogP contribution in [0, 0.1) is 10.1 Å². The zero-order valence-corrected chi connectivity index (χ0v) is 15.1. The van der Waals surface area contributed by atoms with E-state index in [1.165, 1.54) is 11.8 Å². The topological polar surface area (TPSA) is 46.4 Å². The number of allylic oxidation sites excluding steroid dienone is 1. The fourth-order valence-electron chi connectivity index (χ4n) is 1.72. The molecule has 0 unspecified atom stereocenters. The summed E-state index contributed by atoms with van der Waals surface area (Å²) in [5.74, 6) is 0. The summed E-state index contributed by atoms with van der Waals surface area (Å²) in [6, 6.07) is 9.33. The predicted octanol–water partition coefficient (Wildman–Crippen LogP) is 5.45. The predicted molar refractivity (Wildman–Crippen MR) is 93.8 cm³/mol. The Kier molecular flexibility index (Phi) is 8.10. The number of nitrogens with zero attached hydrogens (tertiary/aromatic N) is 2. The number of halogens is 3. The normalized spacial score (nSPS) is 11.7. The number of hydrogen-bond donors (Lipinski definition) is 0. The Bertz CT molecular complexity index is 583. The van der Waals surface area contributed by atoms with Gasteiger partial charge in [0.25, 0.3) is 0 Å². The smallest absolute Gasteiger partial charge is 0.320 e. The van der Waals surface area contributed by atoms with Gasteiger partial charge in [0.05, 0.1) is 4.92 Å². The molecule has 120 valence electrons. The third-order valence-corrected chi connectivity index (χ3v) is 4.86. The van der Waals surface area contributed by atoms with Crippen molar-refractivity contribution in [3.63, 3.8) is 0 Å². The van der Waals surface area contributed by atoms with Crippen molar-refractivity contribution in [3.05, 3.63) is 60.7 Å². The lowest BCUT2D eigenvalue weighted by Crippen LogP contribution is -2.24. The van der Waals surface area contributed by atoms with E-state index in [2.05, 4.69) is 0 Å². The first-order chi connectivity index (χ1) is 10.4. The SMILES string of the molecule is CCN(CC)/C(Sc1ccccc1)=C(\C(Cl)=C(Cl)Cl)[N+](=O)[O-]. The molecule has 0 atom stereocenters. The summed E-state index contributed by atoms with van der Waals surface area (Å²) in [6.07, 6.45) is 0. The van der Waals surface area contributed by atoms with Gasteiger partial charge in [-0.2, -0.15) is 0 Å². The molecule has 0 spiro atoms. The van der Waals surface area contributed by atoms with Crippen LogP contribution in [-0.4, -0.2) is 22.9 Å². The Morgan fingerprint density at radius 3 is 2.14 bits per heavy atom. The van der Waals surface area contributed by atoms with E-state index in [0.717, 1.165) is 4.90 Å². The molecule has 8 heteroatoms. The maximum Gasteiger partial charge on any atom is 0.320 e. The molecule has 0 aliphatic carbocycles. The molecule has 4 nitrogen and oxygen atoms in total. The van der Waals surface area contributed by atoms with Gasteiger partial charge < -0.3 is 4.90 Å². The van der Waals surface area contributed by atoms with Crippen molar-refractivity contribution >= 4 is 46.6 Å². The molecule has 0 heterocycles. The van der Waals surface area contributed by atoms with Gasteiger partial charge in [0.1, 0.15) is 4.49 Å². The standard InChI is InChI=1S/C14H15Cl3N2O2S/c1-3-18(4-2)14(22-10-8-6-5-7-9-10)12(19(20)21)11(15)13(16)17/h5-9H,3-4H2,1-2H3/b14-12-. The highest BCUT2D eigenvalue weighted by atomic mass is 35.5. The van der Waals surface area contributed by atoms with Gasteiger partial charge in [0, 0.05) is 18.0 Å². The van der Waals surface area contributed by atoms with Gasteiger partial charge in [-0.15, -0.1) is 0 Å². The average Bonchev–Trinajstić information content (AvgIpc) is 2.49. The minimum Gasteiger partial charge on any atom is -0.361 e. The third kappa shape index (κ3) is 5.09. The Morgan fingerprint density at radius 2 is 1.73 bits per heavy atom. The molecule has 0 saturated heterocycles. The van der Waals surface area contributed by atoms with E-state index in [1.54, 1.807) is 0 Å². The number of nitro groups is 1. The molecule has 0 aromatic heterocycles. The summed E-state index contributed by atoms with van der Waals surface area (Å²) in [6.45, 7) is 5.00. The largest absolute Gasteiger partial charge is 0.361 e. The first-order valence-corrected chi connectivity index (χ1v) is 8.45. The number of benzene rings is 1. The third-order valence-electron chi connectivity index (χ3n) is 2.77. The summed E-state index contributed by atoms with van der Waals surface area (Å²) in [5.41, 5.74) is -0.292. The monoisotopic (exact) mass is 380 g/mol. The molecule has 0 aliphatic heterocycles. The van der Waals surface area contributed by atoms with Gasteiger partial charge in [-0.3, -0.25) is 10.1 Å². The second-order valence-corrected chi connectivity index (χ2v) is 6.46. The molecular formula is C14H15Cl3N2O2S. The second-order valence-electron chi connectivity index (χ2n) is 4.07. The van der Waals surface area contributed by atoms with Gasteiger partial charge in [-0.25, -0.2) is 0 Å². The molecule has 0 aliphatic rings. The van der Waals surface area contributed by atoms with Crippen LogP contribution in [0.5, 0.6) is 0 Å². The van der Waals surface area contributed by atoms with Crippen LogP contribution in [-0.2, 0) is 0 Å². The van der Waals surface area contributed by atoms with Crippen LogP contribution in [0.2, 0.25) is 0 Å². The van der Waals surface area contributed by atoms with Crippen molar-refractivity contribution in [2.24, 2.45) is 0 Å². The maximum atomic E-state index is 11.5. The van der Waals surface area contributed by atoms with Crippen LogP contribution >= 0.6 is 46.6 Å². The minimum absolute atomic E-state index is 0.265. The molecule has 0 saturated carbocycles. The minimum atomic E-state index is -0.559. The van der Waals surface area contributed by atoms with E-state index in [-0.39, 0.29) is 15.2 Å².